The predicted octanol–water partition coefficient (Wildman–Crippen LogP) is 4.22. The highest BCUT2D eigenvalue weighted by atomic mass is 16.3. The third-order valence-electron chi connectivity index (χ3n) is 4.56. The molecule has 0 spiro atoms. The summed E-state index contributed by atoms with van der Waals surface area (Å²) in [6.45, 7) is 4.97. The quantitative estimate of drug-likeness (QED) is 0.580. The van der Waals surface area contributed by atoms with Gasteiger partial charge in [-0.2, -0.15) is 0 Å². The summed E-state index contributed by atoms with van der Waals surface area (Å²) >= 11 is 0. The lowest BCUT2D eigenvalue weighted by atomic mass is 10.1. The van der Waals surface area contributed by atoms with Crippen molar-refractivity contribution in [3.63, 3.8) is 0 Å². The first-order chi connectivity index (χ1) is 13.1. The van der Waals surface area contributed by atoms with E-state index in [1.165, 1.54) is 5.56 Å². The highest BCUT2D eigenvalue weighted by Crippen LogP contribution is 2.25. The third kappa shape index (κ3) is 3.62. The van der Waals surface area contributed by atoms with Crippen LogP contribution in [0, 0.1) is 13.8 Å². The van der Waals surface area contributed by atoms with Crippen molar-refractivity contribution in [2.45, 2.75) is 26.9 Å². The summed E-state index contributed by atoms with van der Waals surface area (Å²) in [5.74, 6) is 0.690. The van der Waals surface area contributed by atoms with Crippen LogP contribution in [0.1, 0.15) is 33.1 Å². The summed E-state index contributed by atoms with van der Waals surface area (Å²) < 4.78 is 7.75. The van der Waals surface area contributed by atoms with Crippen LogP contribution in [0.5, 0.6) is 0 Å². The van der Waals surface area contributed by atoms with Gasteiger partial charge in [-0.05, 0) is 31.5 Å². The molecule has 4 rings (SSSR count). The average molecular weight is 359 g/mol. The molecule has 0 saturated heterocycles. The van der Waals surface area contributed by atoms with Crippen LogP contribution in [0.3, 0.4) is 0 Å². The number of aryl methyl sites for hydroxylation is 2. The molecule has 27 heavy (non-hydrogen) atoms. The van der Waals surface area contributed by atoms with E-state index >= 15 is 0 Å². The normalized spacial score (nSPS) is 11.0. The van der Waals surface area contributed by atoms with Gasteiger partial charge in [0.15, 0.2) is 5.58 Å². The summed E-state index contributed by atoms with van der Waals surface area (Å²) in [5, 5.41) is 2.95. The van der Waals surface area contributed by atoms with E-state index in [-0.39, 0.29) is 5.91 Å². The number of hydrogen-bond donors (Lipinski definition) is 1. The Morgan fingerprint density at radius 1 is 1.11 bits per heavy atom. The van der Waals surface area contributed by atoms with Gasteiger partial charge in [-0.3, -0.25) is 9.78 Å². The molecule has 0 saturated carbocycles. The van der Waals surface area contributed by atoms with E-state index in [2.05, 4.69) is 41.5 Å². The van der Waals surface area contributed by atoms with Crippen LogP contribution in [0.4, 0.5) is 0 Å². The van der Waals surface area contributed by atoms with E-state index in [0.717, 1.165) is 28.1 Å². The monoisotopic (exact) mass is 359 g/mol. The lowest BCUT2D eigenvalue weighted by molar-refractivity contribution is 0.0942. The summed E-state index contributed by atoms with van der Waals surface area (Å²) in [4.78, 5) is 17.1. The number of rotatable bonds is 5. The van der Waals surface area contributed by atoms with Crippen molar-refractivity contribution in [3.8, 4) is 0 Å². The number of pyridine rings is 1. The number of carbonyl (C=O) groups excluding carboxylic acids is 1. The zero-order valence-electron chi connectivity index (χ0n) is 15.4. The first-order valence-electron chi connectivity index (χ1n) is 8.93. The topological polar surface area (TPSA) is 60.1 Å². The minimum absolute atomic E-state index is 0.142. The van der Waals surface area contributed by atoms with Crippen LogP contribution >= 0.6 is 0 Å². The maximum Gasteiger partial charge on any atom is 0.268 e. The van der Waals surface area contributed by atoms with Gasteiger partial charge in [-0.25, -0.2) is 0 Å². The Balaban J connectivity index is 1.64. The third-order valence-corrected chi connectivity index (χ3v) is 4.56. The summed E-state index contributed by atoms with van der Waals surface area (Å²) in [6, 6.07) is 17.8. The molecular formula is C22H21N3O2. The summed E-state index contributed by atoms with van der Waals surface area (Å²) in [7, 11) is 0. The van der Waals surface area contributed by atoms with Crippen molar-refractivity contribution in [2.75, 3.05) is 0 Å². The highest BCUT2D eigenvalue weighted by molar-refractivity contribution is 5.97. The minimum atomic E-state index is -0.142. The van der Waals surface area contributed by atoms with Crippen molar-refractivity contribution in [2.24, 2.45) is 0 Å². The molecule has 1 aromatic carbocycles. The van der Waals surface area contributed by atoms with Gasteiger partial charge in [-0.1, -0.05) is 35.9 Å². The van der Waals surface area contributed by atoms with Crippen molar-refractivity contribution < 1.29 is 9.21 Å². The molecule has 0 aliphatic rings. The maximum atomic E-state index is 12.8. The SMILES string of the molecule is Cc1ccc(Cn2c(C(=O)NCc3ccccn3)cc3oc(C)cc32)cc1. The van der Waals surface area contributed by atoms with Gasteiger partial charge in [-0.15, -0.1) is 0 Å². The number of nitrogens with one attached hydrogen (secondary N) is 1. The number of hydrogen-bond acceptors (Lipinski definition) is 3. The van der Waals surface area contributed by atoms with Crippen LogP contribution < -0.4 is 5.32 Å². The molecule has 1 N–H and O–H groups in total. The molecule has 0 atom stereocenters. The molecule has 4 aromatic rings. The number of benzene rings is 1. The standard InChI is InChI=1S/C22H21N3O2/c1-15-6-8-17(9-7-15)14-25-19-11-16(2)27-21(19)12-20(25)22(26)24-13-18-5-3-4-10-23-18/h3-12H,13-14H2,1-2H3,(H,24,26). The largest absolute Gasteiger partial charge is 0.460 e. The molecule has 0 aliphatic carbocycles. The zero-order chi connectivity index (χ0) is 18.8. The van der Waals surface area contributed by atoms with E-state index in [1.807, 2.05) is 41.8 Å². The van der Waals surface area contributed by atoms with Gasteiger partial charge in [0.1, 0.15) is 11.5 Å². The lowest BCUT2D eigenvalue weighted by Crippen LogP contribution is -2.26. The molecule has 5 nitrogen and oxygen atoms in total. The van der Waals surface area contributed by atoms with Crippen molar-refractivity contribution in [1.29, 1.82) is 0 Å². The second-order valence-electron chi connectivity index (χ2n) is 6.71. The van der Waals surface area contributed by atoms with Crippen LogP contribution in [-0.4, -0.2) is 15.5 Å². The van der Waals surface area contributed by atoms with Gasteiger partial charge < -0.3 is 14.3 Å². The zero-order valence-corrected chi connectivity index (χ0v) is 15.4. The van der Waals surface area contributed by atoms with E-state index in [0.29, 0.717) is 18.8 Å². The number of nitrogens with zero attached hydrogens (tertiary/aromatic N) is 2. The molecule has 5 heteroatoms. The lowest BCUT2D eigenvalue weighted by Gasteiger charge is -2.11. The fourth-order valence-electron chi connectivity index (χ4n) is 3.16. The van der Waals surface area contributed by atoms with Gasteiger partial charge in [0.2, 0.25) is 0 Å². The highest BCUT2D eigenvalue weighted by Gasteiger charge is 2.18. The number of aromatic nitrogens is 2. The Labute approximate surface area is 157 Å². The summed E-state index contributed by atoms with van der Waals surface area (Å²) in [5.41, 5.74) is 5.40. The molecule has 136 valence electrons. The molecule has 1 amide bonds. The predicted molar refractivity (Wildman–Crippen MR) is 105 cm³/mol. The van der Waals surface area contributed by atoms with Crippen molar-refractivity contribution >= 4 is 17.0 Å². The fourth-order valence-corrected chi connectivity index (χ4v) is 3.16. The van der Waals surface area contributed by atoms with E-state index in [9.17, 15) is 4.79 Å². The molecule has 0 unspecified atom stereocenters. The Bertz CT molecular complexity index is 1080. The van der Waals surface area contributed by atoms with Crippen LogP contribution in [-0.2, 0) is 13.1 Å². The average Bonchev–Trinajstić information content (AvgIpc) is 3.19. The second kappa shape index (κ2) is 7.11. The number of furan rings is 1. The van der Waals surface area contributed by atoms with E-state index < -0.39 is 0 Å². The first kappa shape index (κ1) is 17.1. The number of carbonyl (C=O) groups is 1. The Kier molecular flexibility index (Phi) is 4.50. The van der Waals surface area contributed by atoms with Gasteiger partial charge >= 0.3 is 0 Å². The van der Waals surface area contributed by atoms with E-state index in [4.69, 9.17) is 4.42 Å². The van der Waals surface area contributed by atoms with Gasteiger partial charge in [0.05, 0.1) is 17.8 Å². The Morgan fingerprint density at radius 2 is 1.93 bits per heavy atom. The Morgan fingerprint density at radius 3 is 2.67 bits per heavy atom. The smallest absolute Gasteiger partial charge is 0.268 e. The van der Waals surface area contributed by atoms with E-state index in [1.54, 1.807) is 6.20 Å². The van der Waals surface area contributed by atoms with Gasteiger partial charge in [0.25, 0.3) is 5.91 Å². The molecule has 0 radical (unpaired) electrons. The molecule has 3 aromatic heterocycles. The van der Waals surface area contributed by atoms with Crippen molar-refractivity contribution in [3.05, 3.63) is 89.1 Å². The molecule has 0 aliphatic heterocycles. The van der Waals surface area contributed by atoms with Gasteiger partial charge in [0, 0.05) is 24.9 Å². The summed E-state index contributed by atoms with van der Waals surface area (Å²) in [6.07, 6.45) is 1.72. The van der Waals surface area contributed by atoms with Crippen LogP contribution in [0.25, 0.3) is 11.1 Å². The number of amides is 1. The van der Waals surface area contributed by atoms with Crippen molar-refractivity contribution in [1.82, 2.24) is 14.9 Å². The van der Waals surface area contributed by atoms with Crippen LogP contribution in [0.15, 0.2) is 65.2 Å². The second-order valence-corrected chi connectivity index (χ2v) is 6.71. The first-order valence-corrected chi connectivity index (χ1v) is 8.93. The minimum Gasteiger partial charge on any atom is -0.460 e. The molecule has 3 heterocycles. The molecule has 0 fully saturated rings. The number of fused-ring (bicyclic) bond motifs is 1. The molecular weight excluding hydrogens is 338 g/mol. The maximum absolute atomic E-state index is 12.8. The fraction of sp³-hybridized carbons (Fsp3) is 0.182. The molecule has 0 bridgehead atoms. The van der Waals surface area contributed by atoms with Crippen LogP contribution in [0.2, 0.25) is 0 Å². The Hall–Kier alpha value is -3.34.